The van der Waals surface area contributed by atoms with Gasteiger partial charge in [-0.15, -0.1) is 0 Å². The number of nitrogens with zero attached hydrogens (tertiary/aromatic N) is 1. The van der Waals surface area contributed by atoms with Crippen LogP contribution in [0.4, 0.5) is 0 Å². The van der Waals surface area contributed by atoms with E-state index in [0.29, 0.717) is 0 Å². The Morgan fingerprint density at radius 1 is 1.00 bits per heavy atom. The number of amides is 1. The summed E-state index contributed by atoms with van der Waals surface area (Å²) in [5, 5.41) is 0. The molecule has 0 saturated carbocycles. The molecule has 2 nitrogen and oxygen atoms in total. The molecule has 0 saturated heterocycles. The van der Waals surface area contributed by atoms with Crippen LogP contribution in [0, 0.1) is 0 Å². The number of rotatable bonds is 8. The summed E-state index contributed by atoms with van der Waals surface area (Å²) in [4.78, 5) is 12.2. The fraction of sp³-hybridized carbons (Fsp3) is 0.900. The lowest BCUT2D eigenvalue weighted by Gasteiger charge is -2.14. The number of hydrogen-bond acceptors (Lipinski definition) is 1. The van der Waals surface area contributed by atoms with Gasteiger partial charge >= 0.3 is 6.41 Å². The lowest BCUT2D eigenvalue weighted by Crippen LogP contribution is -2.24. The van der Waals surface area contributed by atoms with E-state index in [1.807, 2.05) is 6.41 Å². The lowest BCUT2D eigenvalue weighted by molar-refractivity contribution is 0.363. The topological polar surface area (TPSA) is 20.3 Å². The number of hydrogen-bond donors (Lipinski definition) is 0. The molecule has 0 bridgehead atoms. The molecule has 0 aromatic rings. The van der Waals surface area contributed by atoms with E-state index in [4.69, 9.17) is 0 Å². The normalized spacial score (nSPS) is 9.83. The van der Waals surface area contributed by atoms with Crippen molar-refractivity contribution in [3.05, 3.63) is 0 Å². The molecular formula is C10H20NO. The van der Waals surface area contributed by atoms with E-state index in [9.17, 15) is 4.79 Å². The highest BCUT2D eigenvalue weighted by molar-refractivity contribution is 5.47. The predicted octanol–water partition coefficient (Wildman–Crippen LogP) is 2.35. The summed E-state index contributed by atoms with van der Waals surface area (Å²) >= 11 is 0. The van der Waals surface area contributed by atoms with Crippen LogP contribution >= 0.6 is 0 Å². The Balaban J connectivity index is 3.32. The fourth-order valence-electron chi connectivity index (χ4n) is 1.10. The van der Waals surface area contributed by atoms with Crippen molar-refractivity contribution in [2.75, 3.05) is 13.1 Å². The first kappa shape index (κ1) is 11.5. The Hall–Kier alpha value is -0.530. The third-order valence-electron chi connectivity index (χ3n) is 1.94. The van der Waals surface area contributed by atoms with Gasteiger partial charge in [0.2, 0.25) is 0 Å². The van der Waals surface area contributed by atoms with Crippen LogP contribution in [0.15, 0.2) is 0 Å². The molecule has 12 heavy (non-hydrogen) atoms. The van der Waals surface area contributed by atoms with Crippen molar-refractivity contribution in [3.63, 3.8) is 0 Å². The number of carbonyl (C=O) groups excluding carboxylic acids is 1. The van der Waals surface area contributed by atoms with Crippen molar-refractivity contribution < 1.29 is 4.79 Å². The molecule has 2 heteroatoms. The smallest absolute Gasteiger partial charge is 0.312 e. The molecule has 0 rings (SSSR count). The molecular weight excluding hydrogens is 150 g/mol. The lowest BCUT2D eigenvalue weighted by atomic mass is 10.2. The summed E-state index contributed by atoms with van der Waals surface area (Å²) in [6.45, 7) is 6.07. The van der Waals surface area contributed by atoms with Gasteiger partial charge in [0.05, 0.1) is 0 Å². The highest BCUT2D eigenvalue weighted by atomic mass is 16.1. The van der Waals surface area contributed by atoms with E-state index >= 15 is 0 Å². The monoisotopic (exact) mass is 170 g/mol. The van der Waals surface area contributed by atoms with E-state index in [0.717, 1.165) is 32.4 Å². The molecule has 0 aliphatic carbocycles. The molecule has 0 atom stereocenters. The average Bonchev–Trinajstić information content (AvgIpc) is 2.11. The van der Waals surface area contributed by atoms with Gasteiger partial charge in [-0.05, 0) is 12.8 Å². The second kappa shape index (κ2) is 8.57. The van der Waals surface area contributed by atoms with Crippen molar-refractivity contribution in [2.45, 2.75) is 46.0 Å². The van der Waals surface area contributed by atoms with E-state index in [1.54, 1.807) is 4.90 Å². The van der Waals surface area contributed by atoms with Gasteiger partial charge < -0.3 is 4.90 Å². The quantitative estimate of drug-likeness (QED) is 0.404. The van der Waals surface area contributed by atoms with Crippen LogP contribution < -0.4 is 0 Å². The first-order chi connectivity index (χ1) is 5.85. The van der Waals surface area contributed by atoms with Gasteiger partial charge in [0.25, 0.3) is 0 Å². The summed E-state index contributed by atoms with van der Waals surface area (Å²) < 4.78 is 0. The minimum atomic E-state index is 0.879. The Morgan fingerprint density at radius 3 is 2.08 bits per heavy atom. The van der Waals surface area contributed by atoms with Gasteiger partial charge in [-0.3, -0.25) is 4.79 Å². The molecule has 71 valence electrons. The van der Waals surface area contributed by atoms with Gasteiger partial charge in [0.1, 0.15) is 0 Å². The maximum Gasteiger partial charge on any atom is 0.312 e. The van der Waals surface area contributed by atoms with E-state index in [2.05, 4.69) is 13.8 Å². The predicted molar refractivity (Wildman–Crippen MR) is 51.7 cm³/mol. The highest BCUT2D eigenvalue weighted by Gasteiger charge is 1.99. The largest absolute Gasteiger partial charge is 0.334 e. The Morgan fingerprint density at radius 2 is 1.58 bits per heavy atom. The van der Waals surface area contributed by atoms with Gasteiger partial charge in [-0.25, -0.2) is 0 Å². The molecule has 0 aliphatic rings. The van der Waals surface area contributed by atoms with Crippen molar-refractivity contribution in [3.8, 4) is 0 Å². The van der Waals surface area contributed by atoms with Crippen molar-refractivity contribution >= 4 is 6.41 Å². The standard InChI is InChI=1S/C10H20NO/c1-3-5-7-9-11(10-12)8-6-4-2/h3-9H2,1-2H3. The minimum absolute atomic E-state index is 0.879. The SMILES string of the molecule is CCCCCN([C]=O)CCCC. The van der Waals surface area contributed by atoms with Crippen LogP contribution in [-0.2, 0) is 4.79 Å². The Labute approximate surface area is 75.9 Å². The summed E-state index contributed by atoms with van der Waals surface area (Å²) in [5.41, 5.74) is 0. The highest BCUT2D eigenvalue weighted by Crippen LogP contribution is 1.98. The minimum Gasteiger partial charge on any atom is -0.334 e. The van der Waals surface area contributed by atoms with Crippen LogP contribution in [0.1, 0.15) is 46.0 Å². The third kappa shape index (κ3) is 6.20. The molecule has 0 unspecified atom stereocenters. The van der Waals surface area contributed by atoms with Crippen LogP contribution in [0.2, 0.25) is 0 Å². The van der Waals surface area contributed by atoms with Crippen molar-refractivity contribution in [1.29, 1.82) is 0 Å². The second-order valence-corrected chi connectivity index (χ2v) is 3.14. The second-order valence-electron chi connectivity index (χ2n) is 3.14. The average molecular weight is 170 g/mol. The third-order valence-corrected chi connectivity index (χ3v) is 1.94. The zero-order valence-electron chi connectivity index (χ0n) is 8.31. The van der Waals surface area contributed by atoms with Gasteiger partial charge in [0, 0.05) is 13.1 Å². The summed E-state index contributed by atoms with van der Waals surface area (Å²) in [7, 11) is 0. The first-order valence-corrected chi connectivity index (χ1v) is 4.97. The Kier molecular flexibility index (Phi) is 8.19. The van der Waals surface area contributed by atoms with Crippen LogP contribution in [-0.4, -0.2) is 24.4 Å². The molecule has 0 aromatic carbocycles. The molecule has 0 aromatic heterocycles. The number of unbranched alkanes of at least 4 members (excludes halogenated alkanes) is 3. The van der Waals surface area contributed by atoms with Gasteiger partial charge in [0.15, 0.2) is 0 Å². The van der Waals surface area contributed by atoms with Crippen LogP contribution in [0.3, 0.4) is 0 Å². The van der Waals surface area contributed by atoms with Crippen molar-refractivity contribution in [1.82, 2.24) is 4.90 Å². The van der Waals surface area contributed by atoms with Crippen LogP contribution in [0.25, 0.3) is 0 Å². The van der Waals surface area contributed by atoms with Gasteiger partial charge in [-0.1, -0.05) is 33.1 Å². The Bertz CT molecular complexity index is 104. The summed E-state index contributed by atoms with van der Waals surface area (Å²) in [5.74, 6) is 0. The van der Waals surface area contributed by atoms with Crippen LogP contribution in [0.5, 0.6) is 0 Å². The molecule has 0 N–H and O–H groups in total. The first-order valence-electron chi connectivity index (χ1n) is 4.97. The molecule has 0 aliphatic heterocycles. The zero-order chi connectivity index (χ0) is 9.23. The maximum absolute atomic E-state index is 10.4. The molecule has 0 spiro atoms. The van der Waals surface area contributed by atoms with E-state index < -0.39 is 0 Å². The maximum atomic E-state index is 10.4. The van der Waals surface area contributed by atoms with E-state index in [1.165, 1.54) is 12.8 Å². The molecule has 1 radical (unpaired) electrons. The van der Waals surface area contributed by atoms with Gasteiger partial charge in [-0.2, -0.15) is 0 Å². The fourth-order valence-corrected chi connectivity index (χ4v) is 1.10. The zero-order valence-corrected chi connectivity index (χ0v) is 8.31. The van der Waals surface area contributed by atoms with Crippen molar-refractivity contribution in [2.24, 2.45) is 0 Å². The molecule has 1 amide bonds. The summed E-state index contributed by atoms with van der Waals surface area (Å²) in [6, 6.07) is 0. The summed E-state index contributed by atoms with van der Waals surface area (Å²) in [6.07, 6.45) is 7.76. The molecule has 0 heterocycles. The molecule has 0 fully saturated rings. The van der Waals surface area contributed by atoms with E-state index in [-0.39, 0.29) is 0 Å².